The Morgan fingerprint density at radius 1 is 0.976 bits per heavy atom. The minimum absolute atomic E-state index is 0.0285. The first kappa shape index (κ1) is 31.8. The molecule has 12 heteroatoms. The van der Waals surface area contributed by atoms with Crippen LogP contribution < -0.4 is 17.1 Å². The van der Waals surface area contributed by atoms with Crippen LogP contribution in [0.1, 0.15) is 76.7 Å². The molecule has 0 radical (unpaired) electrons. The number of carboxylic acid groups (broad SMARTS) is 2. The number of ether oxygens (including phenoxy) is 1. The SMILES string of the molecule is C[C@]12CC[C@H](O)C[C@H]1CC[C@@H]1[C@@H]2CC[C@]2(C)[C@@H](c3ccc(=O)oc3)C[C@H]3O[C@]132.NC(CSSCC(N)C(=O)O)C(=O)O. The number of rotatable bonds is 8. The number of epoxide rings is 1. The lowest BCUT2D eigenvalue weighted by atomic mass is 9.44. The zero-order chi connectivity index (χ0) is 30.4. The number of hydrogen-bond donors (Lipinski definition) is 5. The molecule has 2 unspecified atom stereocenters. The Bertz CT molecular complexity index is 1190. The van der Waals surface area contributed by atoms with Gasteiger partial charge in [-0.15, -0.1) is 0 Å². The molecule has 6 rings (SSSR count). The highest BCUT2D eigenvalue weighted by Gasteiger charge is 2.80. The van der Waals surface area contributed by atoms with Crippen LogP contribution in [-0.4, -0.2) is 68.7 Å². The van der Waals surface area contributed by atoms with E-state index in [1.807, 2.05) is 6.07 Å². The van der Waals surface area contributed by atoms with Crippen LogP contribution in [0, 0.1) is 28.6 Å². The summed E-state index contributed by atoms with van der Waals surface area (Å²) in [5.74, 6) is 0.795. The summed E-state index contributed by atoms with van der Waals surface area (Å²) >= 11 is 0. The van der Waals surface area contributed by atoms with Gasteiger partial charge in [0, 0.05) is 23.0 Å². The van der Waals surface area contributed by atoms with Crippen molar-refractivity contribution in [3.05, 3.63) is 34.4 Å². The largest absolute Gasteiger partial charge is 0.480 e. The van der Waals surface area contributed by atoms with Crippen LogP contribution in [0.15, 0.2) is 27.6 Å². The summed E-state index contributed by atoms with van der Waals surface area (Å²) in [5, 5.41) is 27.1. The van der Waals surface area contributed by atoms with Gasteiger partial charge in [-0.25, -0.2) is 4.79 Å². The highest BCUT2D eigenvalue weighted by molar-refractivity contribution is 8.76. The number of hydrogen-bond acceptors (Lipinski definition) is 10. The number of carbonyl (C=O) groups is 2. The molecule has 4 aliphatic carbocycles. The molecule has 7 N–H and O–H groups in total. The molecule has 11 atom stereocenters. The van der Waals surface area contributed by atoms with Crippen LogP contribution in [0.25, 0.3) is 0 Å². The van der Waals surface area contributed by atoms with Crippen LogP contribution in [0.5, 0.6) is 0 Å². The lowest BCUT2D eigenvalue weighted by Crippen LogP contribution is -2.58. The minimum Gasteiger partial charge on any atom is -0.480 e. The van der Waals surface area contributed by atoms with E-state index in [9.17, 15) is 19.5 Å². The topological polar surface area (TPSA) is 190 Å². The van der Waals surface area contributed by atoms with E-state index in [0.717, 1.165) is 25.2 Å². The van der Waals surface area contributed by atoms with Crippen molar-refractivity contribution in [2.45, 2.75) is 101 Å². The zero-order valence-electron chi connectivity index (χ0n) is 24.3. The molecule has 5 fully saturated rings. The van der Waals surface area contributed by atoms with Crippen molar-refractivity contribution < 1.29 is 34.1 Å². The first-order valence-electron chi connectivity index (χ1n) is 15.0. The summed E-state index contributed by atoms with van der Waals surface area (Å²) < 4.78 is 11.8. The Morgan fingerprint density at radius 2 is 1.64 bits per heavy atom. The summed E-state index contributed by atoms with van der Waals surface area (Å²) in [5.41, 5.74) is 11.9. The molecule has 234 valence electrons. The lowest BCUT2D eigenvalue weighted by molar-refractivity contribution is -0.139. The molecule has 1 aromatic heterocycles. The first-order chi connectivity index (χ1) is 19.8. The smallest absolute Gasteiger partial charge is 0.335 e. The summed E-state index contributed by atoms with van der Waals surface area (Å²) in [6, 6.07) is 1.70. The Kier molecular flexibility index (Phi) is 9.16. The molecule has 4 saturated carbocycles. The van der Waals surface area contributed by atoms with Gasteiger partial charge in [-0.05, 0) is 92.1 Å². The second kappa shape index (κ2) is 12.1. The minimum atomic E-state index is -1.07. The van der Waals surface area contributed by atoms with E-state index in [1.54, 1.807) is 12.3 Å². The fraction of sp³-hybridized carbons (Fsp3) is 0.767. The number of aliphatic hydroxyl groups is 1. The zero-order valence-corrected chi connectivity index (χ0v) is 25.9. The summed E-state index contributed by atoms with van der Waals surface area (Å²) in [6.45, 7) is 4.97. The molecule has 1 aliphatic heterocycles. The van der Waals surface area contributed by atoms with Gasteiger partial charge in [-0.3, -0.25) is 9.59 Å². The van der Waals surface area contributed by atoms with Crippen molar-refractivity contribution in [2.75, 3.05) is 11.5 Å². The molecular weight excluding hydrogens is 580 g/mol. The van der Waals surface area contributed by atoms with Crippen LogP contribution in [0.2, 0.25) is 0 Å². The summed E-state index contributed by atoms with van der Waals surface area (Å²) in [6.07, 6.45) is 11.1. The van der Waals surface area contributed by atoms with Crippen molar-refractivity contribution >= 4 is 33.5 Å². The lowest BCUT2D eigenvalue weighted by Gasteiger charge is -2.61. The Hall–Kier alpha value is -1.57. The van der Waals surface area contributed by atoms with Crippen molar-refractivity contribution in [1.82, 2.24) is 0 Å². The van der Waals surface area contributed by atoms with E-state index < -0.39 is 24.0 Å². The predicted molar refractivity (Wildman–Crippen MR) is 161 cm³/mol. The van der Waals surface area contributed by atoms with Gasteiger partial charge in [0.25, 0.3) is 0 Å². The van der Waals surface area contributed by atoms with Crippen molar-refractivity contribution in [3.63, 3.8) is 0 Å². The van der Waals surface area contributed by atoms with Gasteiger partial charge in [0.1, 0.15) is 17.7 Å². The van der Waals surface area contributed by atoms with Gasteiger partial charge in [-0.1, -0.05) is 35.4 Å². The summed E-state index contributed by atoms with van der Waals surface area (Å²) in [4.78, 5) is 32.0. The second-order valence-corrected chi connectivity index (χ2v) is 16.0. The van der Waals surface area contributed by atoms with Gasteiger partial charge >= 0.3 is 17.6 Å². The molecule has 0 bridgehead atoms. The highest BCUT2D eigenvalue weighted by atomic mass is 33.1. The molecule has 1 saturated heterocycles. The average molecular weight is 625 g/mol. The van der Waals surface area contributed by atoms with Crippen LogP contribution >= 0.6 is 21.6 Å². The van der Waals surface area contributed by atoms with Crippen LogP contribution in [0.4, 0.5) is 0 Å². The van der Waals surface area contributed by atoms with Gasteiger partial charge in [-0.2, -0.15) is 0 Å². The van der Waals surface area contributed by atoms with Crippen molar-refractivity contribution in [3.8, 4) is 0 Å². The standard InChI is InChI=1S/C24H32O4.C6H12N2O4S2/c1-22-9-7-16(25)11-15(22)4-5-18-17(22)8-10-23(2)19(12-20-24(18,23)28-20)14-3-6-21(26)27-13-14;7-3(5(9)10)1-13-14-2-4(8)6(11)12/h3,6,13,15-20,25H,4-5,7-12H2,1-2H3;3-4H,1-2,7-8H2,(H,9,10)(H,11,12)/t15-,16+,17+,18-,19-,20-,22+,23-,24-;/m1./s1. The monoisotopic (exact) mass is 624 g/mol. The molecule has 1 spiro atoms. The Labute approximate surface area is 254 Å². The van der Waals surface area contributed by atoms with Crippen LogP contribution in [-0.2, 0) is 14.3 Å². The Balaban J connectivity index is 0.000000216. The molecule has 0 amide bonds. The fourth-order valence-corrected chi connectivity index (χ4v) is 11.4. The third-order valence-electron chi connectivity index (χ3n) is 11.4. The molecule has 0 aromatic carbocycles. The van der Waals surface area contributed by atoms with E-state index in [2.05, 4.69) is 13.8 Å². The van der Waals surface area contributed by atoms with Crippen molar-refractivity contribution in [2.24, 2.45) is 40.1 Å². The molecular formula is C30H44N2O8S2. The van der Waals surface area contributed by atoms with E-state index >= 15 is 0 Å². The van der Waals surface area contributed by atoms with E-state index in [-0.39, 0.29) is 34.3 Å². The second-order valence-electron chi connectivity index (χ2n) is 13.4. The average Bonchev–Trinajstić information content (AvgIpc) is 3.61. The van der Waals surface area contributed by atoms with E-state index in [4.69, 9.17) is 30.8 Å². The number of nitrogens with two attached hydrogens (primary N) is 2. The molecule has 5 aliphatic rings. The maximum Gasteiger partial charge on any atom is 0.335 e. The molecule has 2 heterocycles. The van der Waals surface area contributed by atoms with Gasteiger partial charge < -0.3 is 35.9 Å². The molecule has 42 heavy (non-hydrogen) atoms. The maximum absolute atomic E-state index is 11.4. The predicted octanol–water partition coefficient (Wildman–Crippen LogP) is 3.45. The summed E-state index contributed by atoms with van der Waals surface area (Å²) in [7, 11) is 2.41. The third-order valence-corrected chi connectivity index (χ3v) is 13.9. The molecule has 10 nitrogen and oxygen atoms in total. The normalized spacial score (nSPS) is 41.1. The quantitative estimate of drug-likeness (QED) is 0.161. The van der Waals surface area contributed by atoms with E-state index in [0.29, 0.717) is 29.3 Å². The third kappa shape index (κ3) is 5.56. The van der Waals surface area contributed by atoms with Crippen molar-refractivity contribution in [1.29, 1.82) is 0 Å². The van der Waals surface area contributed by atoms with E-state index in [1.165, 1.54) is 59.3 Å². The highest BCUT2D eigenvalue weighted by Crippen LogP contribution is 2.77. The number of fused-ring (bicyclic) bond motifs is 3. The van der Waals surface area contributed by atoms with Crippen LogP contribution in [0.3, 0.4) is 0 Å². The number of aliphatic hydroxyl groups excluding tert-OH is 1. The fourth-order valence-electron chi connectivity index (χ4n) is 9.12. The van der Waals surface area contributed by atoms with Gasteiger partial charge in [0.2, 0.25) is 0 Å². The number of carboxylic acids is 2. The molecule has 1 aromatic rings. The van der Waals surface area contributed by atoms with Gasteiger partial charge in [0.15, 0.2) is 0 Å². The van der Waals surface area contributed by atoms with Gasteiger partial charge in [0.05, 0.1) is 18.5 Å². The Morgan fingerprint density at radius 3 is 2.24 bits per heavy atom. The number of aliphatic carboxylic acids is 2. The first-order valence-corrected chi connectivity index (χ1v) is 17.5. The maximum atomic E-state index is 11.4.